The minimum atomic E-state index is -4.29. The van der Waals surface area contributed by atoms with Crippen LogP contribution < -0.4 is 9.04 Å². The fourth-order valence-electron chi connectivity index (χ4n) is 2.56. The van der Waals surface area contributed by atoms with Crippen LogP contribution >= 0.6 is 0 Å². The van der Waals surface area contributed by atoms with Crippen LogP contribution in [0.2, 0.25) is 0 Å². The third-order valence-corrected chi connectivity index (χ3v) is 5.86. The van der Waals surface area contributed by atoms with Gasteiger partial charge in [-0.15, -0.1) is 0 Å². The lowest BCUT2D eigenvalue weighted by molar-refractivity contribution is -0.385. The molecule has 0 spiro atoms. The van der Waals surface area contributed by atoms with Gasteiger partial charge in [-0.05, 0) is 50.6 Å². The van der Waals surface area contributed by atoms with E-state index in [9.17, 15) is 23.3 Å². The Labute approximate surface area is 169 Å². The zero-order valence-corrected chi connectivity index (χ0v) is 17.3. The molecule has 0 atom stereocenters. The number of aryl methyl sites for hydroxylation is 1. The third kappa shape index (κ3) is 5.23. The molecule has 2 rings (SSSR count). The molecule has 0 radical (unpaired) electrons. The van der Waals surface area contributed by atoms with Gasteiger partial charge in [0.15, 0.2) is 0 Å². The maximum absolute atomic E-state index is 13.3. The van der Waals surface area contributed by atoms with Crippen LogP contribution in [-0.4, -0.2) is 39.1 Å². The van der Waals surface area contributed by atoms with Gasteiger partial charge in [-0.2, -0.15) is 0 Å². The predicted molar refractivity (Wildman–Crippen MR) is 107 cm³/mol. The van der Waals surface area contributed by atoms with Gasteiger partial charge in [0.25, 0.3) is 15.7 Å². The number of non-ortho nitro benzene ring substituents is 1. The van der Waals surface area contributed by atoms with E-state index in [-0.39, 0.29) is 22.4 Å². The van der Waals surface area contributed by atoms with E-state index >= 15 is 0 Å². The second kappa shape index (κ2) is 8.91. The number of hydrogen-bond donors (Lipinski definition) is 0. The first-order valence-electron chi connectivity index (χ1n) is 8.67. The largest absolute Gasteiger partial charge is 0.491 e. The van der Waals surface area contributed by atoms with E-state index in [1.165, 1.54) is 31.2 Å². The Bertz CT molecular complexity index is 1000. The number of rotatable bonds is 8. The summed E-state index contributed by atoms with van der Waals surface area (Å²) in [4.78, 5) is 22.0. The van der Waals surface area contributed by atoms with Gasteiger partial charge in [0.05, 0.1) is 28.7 Å². The number of carbonyl (C=O) groups excluding carboxylic acids is 1. The number of nitro groups is 1. The summed E-state index contributed by atoms with van der Waals surface area (Å²) in [6.45, 7) is 4.64. The van der Waals surface area contributed by atoms with Crippen LogP contribution in [0.25, 0.3) is 0 Å². The Balaban J connectivity index is 2.55. The Hall–Kier alpha value is -3.14. The second-order valence-corrected chi connectivity index (χ2v) is 8.29. The second-order valence-electron chi connectivity index (χ2n) is 6.46. The van der Waals surface area contributed by atoms with E-state index in [0.29, 0.717) is 11.3 Å². The highest BCUT2D eigenvalue weighted by molar-refractivity contribution is 7.93. The van der Waals surface area contributed by atoms with E-state index in [2.05, 4.69) is 4.74 Å². The summed E-state index contributed by atoms with van der Waals surface area (Å²) in [6, 6.07) is 9.68. The average Bonchev–Trinajstić information content (AvgIpc) is 2.66. The number of benzene rings is 2. The van der Waals surface area contributed by atoms with Gasteiger partial charge in [-0.1, -0.05) is 6.07 Å². The molecule has 29 heavy (non-hydrogen) atoms. The maximum atomic E-state index is 13.3. The lowest BCUT2D eigenvalue weighted by Gasteiger charge is -2.24. The number of anilines is 1. The number of nitro benzene ring substituents is 1. The van der Waals surface area contributed by atoms with Crippen molar-refractivity contribution in [3.63, 3.8) is 0 Å². The molecule has 0 heterocycles. The Kier molecular flexibility index (Phi) is 6.80. The summed E-state index contributed by atoms with van der Waals surface area (Å²) < 4.78 is 37.6. The molecule has 2 aromatic carbocycles. The molecule has 0 N–H and O–H groups in total. The molecule has 0 aliphatic rings. The molecule has 0 bridgehead atoms. The molecule has 0 unspecified atom stereocenters. The van der Waals surface area contributed by atoms with E-state index in [0.717, 1.165) is 17.5 Å². The van der Waals surface area contributed by atoms with Gasteiger partial charge in [-0.3, -0.25) is 19.2 Å². The first-order valence-corrected chi connectivity index (χ1v) is 10.1. The molecule has 2 aromatic rings. The average molecular weight is 422 g/mol. The minimum absolute atomic E-state index is 0.0664. The first kappa shape index (κ1) is 22.2. The molecule has 0 aromatic heterocycles. The van der Waals surface area contributed by atoms with Crippen molar-refractivity contribution in [3.05, 3.63) is 58.1 Å². The smallest absolute Gasteiger partial charge is 0.326 e. The van der Waals surface area contributed by atoms with Crippen molar-refractivity contribution in [1.29, 1.82) is 0 Å². The number of ether oxygens (including phenoxy) is 2. The Morgan fingerprint density at radius 3 is 2.31 bits per heavy atom. The van der Waals surface area contributed by atoms with E-state index in [1.807, 2.05) is 13.8 Å². The molecule has 0 saturated heterocycles. The fourth-order valence-corrected chi connectivity index (χ4v) is 4.22. The molecule has 0 aliphatic carbocycles. The van der Waals surface area contributed by atoms with Crippen molar-refractivity contribution >= 4 is 27.4 Å². The van der Waals surface area contributed by atoms with Crippen LogP contribution in [0, 0.1) is 17.0 Å². The summed E-state index contributed by atoms with van der Waals surface area (Å²) in [5.74, 6) is -0.245. The van der Waals surface area contributed by atoms with Crippen LogP contribution in [0.5, 0.6) is 5.75 Å². The highest BCUT2D eigenvalue weighted by Gasteiger charge is 2.30. The number of nitrogens with zero attached hydrogens (tertiary/aromatic N) is 2. The lowest BCUT2D eigenvalue weighted by atomic mass is 10.2. The normalized spacial score (nSPS) is 11.2. The molecule has 9 nitrogen and oxygen atoms in total. The quantitative estimate of drug-likeness (QED) is 0.365. The number of esters is 1. The summed E-state index contributed by atoms with van der Waals surface area (Å²) in [7, 11) is -3.15. The SMILES string of the molecule is COC(=O)CN(c1ccc(OC(C)C)cc1)S(=O)(=O)c1cc([N+](=O)[O-])ccc1C. The molecule has 156 valence electrons. The Morgan fingerprint density at radius 2 is 1.79 bits per heavy atom. The van der Waals surface area contributed by atoms with Crippen molar-refractivity contribution in [2.24, 2.45) is 0 Å². The molecular weight excluding hydrogens is 400 g/mol. The van der Waals surface area contributed by atoms with E-state index in [1.54, 1.807) is 12.1 Å². The topological polar surface area (TPSA) is 116 Å². The summed E-state index contributed by atoms with van der Waals surface area (Å²) in [6.07, 6.45) is -0.0664. The number of sulfonamides is 1. The van der Waals surface area contributed by atoms with Gasteiger partial charge >= 0.3 is 5.97 Å². The minimum Gasteiger partial charge on any atom is -0.491 e. The maximum Gasteiger partial charge on any atom is 0.326 e. The molecule has 0 saturated carbocycles. The molecule has 10 heteroatoms. The summed E-state index contributed by atoms with van der Waals surface area (Å²) in [5.41, 5.74) is 0.135. The number of carbonyl (C=O) groups is 1. The summed E-state index contributed by atoms with van der Waals surface area (Å²) >= 11 is 0. The summed E-state index contributed by atoms with van der Waals surface area (Å²) in [5, 5.41) is 11.1. The van der Waals surface area contributed by atoms with Gasteiger partial charge in [0.1, 0.15) is 12.3 Å². The van der Waals surface area contributed by atoms with Crippen molar-refractivity contribution in [2.75, 3.05) is 18.0 Å². The van der Waals surface area contributed by atoms with E-state index in [4.69, 9.17) is 4.74 Å². The first-order chi connectivity index (χ1) is 13.6. The third-order valence-electron chi connectivity index (χ3n) is 3.95. The Morgan fingerprint density at radius 1 is 1.17 bits per heavy atom. The molecule has 0 aliphatic heterocycles. The van der Waals surface area contributed by atoms with Crippen LogP contribution in [0.1, 0.15) is 19.4 Å². The highest BCUT2D eigenvalue weighted by atomic mass is 32.2. The van der Waals surface area contributed by atoms with Crippen LogP contribution in [0.15, 0.2) is 47.4 Å². The van der Waals surface area contributed by atoms with Crippen molar-refractivity contribution in [1.82, 2.24) is 0 Å². The highest BCUT2D eigenvalue weighted by Crippen LogP contribution is 2.29. The fraction of sp³-hybridized carbons (Fsp3) is 0.316. The lowest BCUT2D eigenvalue weighted by Crippen LogP contribution is -2.36. The monoisotopic (exact) mass is 422 g/mol. The zero-order chi connectivity index (χ0) is 21.8. The van der Waals surface area contributed by atoms with Gasteiger partial charge in [0, 0.05) is 12.1 Å². The standard InChI is InChI=1S/C19H22N2O7S/c1-13(2)28-17-9-7-15(8-10-17)20(12-19(22)27-4)29(25,26)18-11-16(21(23)24)6-5-14(18)3/h5-11,13H,12H2,1-4H3. The van der Waals surface area contributed by atoms with Crippen LogP contribution in [0.3, 0.4) is 0 Å². The van der Waals surface area contributed by atoms with E-state index < -0.39 is 27.5 Å². The predicted octanol–water partition coefficient (Wildman–Crippen LogP) is 3.06. The van der Waals surface area contributed by atoms with Crippen LogP contribution in [-0.2, 0) is 19.6 Å². The molecular formula is C19H22N2O7S. The molecule has 0 amide bonds. The van der Waals surface area contributed by atoms with Gasteiger partial charge in [-0.25, -0.2) is 8.42 Å². The number of methoxy groups -OCH3 is 1. The number of hydrogen-bond acceptors (Lipinski definition) is 7. The molecule has 0 fully saturated rings. The van der Waals surface area contributed by atoms with Crippen molar-refractivity contribution in [2.45, 2.75) is 31.8 Å². The zero-order valence-electron chi connectivity index (χ0n) is 16.5. The van der Waals surface area contributed by atoms with Gasteiger partial charge < -0.3 is 9.47 Å². The van der Waals surface area contributed by atoms with Crippen LogP contribution in [0.4, 0.5) is 11.4 Å². The van der Waals surface area contributed by atoms with Gasteiger partial charge in [0.2, 0.25) is 0 Å². The van der Waals surface area contributed by atoms with Crippen molar-refractivity contribution in [3.8, 4) is 5.75 Å². The van der Waals surface area contributed by atoms with Crippen molar-refractivity contribution < 1.29 is 27.6 Å².